The maximum absolute atomic E-state index is 12.8. The summed E-state index contributed by atoms with van der Waals surface area (Å²) >= 11 is 0. The molecule has 4 aliphatic rings. The van der Waals surface area contributed by atoms with E-state index in [0.29, 0.717) is 23.7 Å². The first-order valence-corrected chi connectivity index (χ1v) is 12.8. The fourth-order valence-corrected chi connectivity index (χ4v) is 8.77. The Bertz CT molecular complexity index is 647. The molecule has 0 heterocycles. The second-order valence-corrected chi connectivity index (χ2v) is 12.2. The summed E-state index contributed by atoms with van der Waals surface area (Å²) in [5.74, 6) is 3.08. The van der Waals surface area contributed by atoms with E-state index in [2.05, 4.69) is 26.8 Å². The average Bonchev–Trinajstić information content (AvgIpc) is 2.98. The zero-order chi connectivity index (χ0) is 21.7. The van der Waals surface area contributed by atoms with Gasteiger partial charge in [0.2, 0.25) is 0 Å². The number of rotatable bonds is 6. The minimum atomic E-state index is -0.214. The van der Waals surface area contributed by atoms with Crippen LogP contribution < -0.4 is 0 Å². The van der Waals surface area contributed by atoms with Gasteiger partial charge >= 0.3 is 0 Å². The fourth-order valence-electron chi connectivity index (χ4n) is 8.77. The number of alkyl halides is 1. The van der Waals surface area contributed by atoms with E-state index in [4.69, 9.17) is 0 Å². The summed E-state index contributed by atoms with van der Waals surface area (Å²) in [4.78, 5) is 0. The molecule has 10 atom stereocenters. The highest BCUT2D eigenvalue weighted by Gasteiger charge is 2.61. The summed E-state index contributed by atoms with van der Waals surface area (Å²) in [5.41, 5.74) is 2.03. The fraction of sp³-hybridized carbons (Fsp3) is 0.926. The third-order valence-corrected chi connectivity index (χ3v) is 10.4. The molecule has 3 saturated carbocycles. The summed E-state index contributed by atoms with van der Waals surface area (Å²) in [7, 11) is 0. The molecule has 2 nitrogen and oxygen atoms in total. The summed E-state index contributed by atoms with van der Waals surface area (Å²) in [6.07, 6.45) is 12.9. The molecule has 3 heteroatoms. The molecule has 4 rings (SSSR count). The van der Waals surface area contributed by atoms with E-state index < -0.39 is 0 Å². The van der Waals surface area contributed by atoms with Crippen molar-refractivity contribution in [2.45, 2.75) is 104 Å². The second kappa shape index (κ2) is 8.50. The largest absolute Gasteiger partial charge is 0.393 e. The molecule has 0 bridgehead atoms. The van der Waals surface area contributed by atoms with Gasteiger partial charge in [0, 0.05) is 0 Å². The Morgan fingerprint density at radius 1 is 1.10 bits per heavy atom. The van der Waals surface area contributed by atoms with Crippen LogP contribution in [0, 0.1) is 46.3 Å². The molecule has 3 fully saturated rings. The lowest BCUT2D eigenvalue weighted by atomic mass is 9.47. The maximum atomic E-state index is 12.8. The van der Waals surface area contributed by atoms with E-state index >= 15 is 0 Å². The van der Waals surface area contributed by atoms with Crippen molar-refractivity contribution in [3.8, 4) is 0 Å². The van der Waals surface area contributed by atoms with Crippen molar-refractivity contribution >= 4 is 0 Å². The summed E-state index contributed by atoms with van der Waals surface area (Å²) in [6.45, 7) is 9.10. The normalized spacial score (nSPS) is 47.6. The predicted octanol–water partition coefficient (Wildman–Crippen LogP) is 6.31. The van der Waals surface area contributed by atoms with Gasteiger partial charge in [0.25, 0.3) is 0 Å². The van der Waals surface area contributed by atoms with Crippen LogP contribution in [-0.2, 0) is 0 Å². The van der Waals surface area contributed by atoms with Gasteiger partial charge in [-0.1, -0.05) is 52.2 Å². The Hall–Kier alpha value is -0.410. The third-order valence-electron chi connectivity index (χ3n) is 10.4. The van der Waals surface area contributed by atoms with Crippen LogP contribution in [0.2, 0.25) is 0 Å². The van der Waals surface area contributed by atoms with Crippen LogP contribution >= 0.6 is 0 Å². The topological polar surface area (TPSA) is 40.5 Å². The zero-order valence-electron chi connectivity index (χ0n) is 19.7. The first-order chi connectivity index (χ1) is 14.2. The van der Waals surface area contributed by atoms with Crippen LogP contribution in [-0.4, -0.2) is 29.1 Å². The van der Waals surface area contributed by atoms with Crippen molar-refractivity contribution in [3.05, 3.63) is 11.6 Å². The molecule has 2 N–H and O–H groups in total. The molecule has 30 heavy (non-hydrogen) atoms. The van der Waals surface area contributed by atoms with Crippen LogP contribution in [0.15, 0.2) is 11.6 Å². The zero-order valence-corrected chi connectivity index (χ0v) is 19.7. The van der Waals surface area contributed by atoms with Gasteiger partial charge in [0.15, 0.2) is 0 Å². The smallest absolute Gasteiger partial charge is 0.0919 e. The van der Waals surface area contributed by atoms with Crippen molar-refractivity contribution in [1.82, 2.24) is 0 Å². The molecule has 0 spiro atoms. The molecule has 0 aromatic heterocycles. The third kappa shape index (κ3) is 3.70. The molecule has 0 aromatic carbocycles. The Morgan fingerprint density at radius 2 is 1.87 bits per heavy atom. The highest BCUT2D eigenvalue weighted by molar-refractivity contribution is 5.25. The van der Waals surface area contributed by atoms with Crippen molar-refractivity contribution in [2.24, 2.45) is 46.3 Å². The van der Waals surface area contributed by atoms with E-state index in [0.717, 1.165) is 57.3 Å². The molecule has 8 unspecified atom stereocenters. The summed E-state index contributed by atoms with van der Waals surface area (Å²) < 4.78 is 12.8. The van der Waals surface area contributed by atoms with Crippen LogP contribution in [0.3, 0.4) is 0 Å². The maximum Gasteiger partial charge on any atom is 0.0919 e. The number of hydrogen-bond donors (Lipinski definition) is 2. The van der Waals surface area contributed by atoms with E-state index in [9.17, 15) is 14.6 Å². The van der Waals surface area contributed by atoms with Crippen molar-refractivity contribution in [3.63, 3.8) is 0 Å². The molecule has 4 aliphatic carbocycles. The summed E-state index contributed by atoms with van der Waals surface area (Å²) in [5, 5.41) is 21.4. The number of aliphatic hydroxyl groups is 2. The Labute approximate surface area is 183 Å². The lowest BCUT2D eigenvalue weighted by Crippen LogP contribution is -2.51. The van der Waals surface area contributed by atoms with E-state index in [1.54, 1.807) is 0 Å². The molecule has 0 aromatic rings. The molecule has 0 amide bonds. The van der Waals surface area contributed by atoms with Gasteiger partial charge in [-0.3, -0.25) is 4.39 Å². The molecule has 0 saturated heterocycles. The van der Waals surface area contributed by atoms with Gasteiger partial charge in [-0.2, -0.15) is 0 Å². The minimum absolute atomic E-state index is 0.145. The van der Waals surface area contributed by atoms with Gasteiger partial charge in [0.05, 0.1) is 18.9 Å². The number of halogens is 1. The SMILES string of the molecule is C[C@@H](CF)CCC[C@@H](C)C1C(O)CC2C3CC=C4CC(O)CCC4(C)C3CCC21C. The summed E-state index contributed by atoms with van der Waals surface area (Å²) in [6, 6.07) is 0. The molecule has 0 aliphatic heterocycles. The lowest BCUT2D eigenvalue weighted by Gasteiger charge is -2.58. The van der Waals surface area contributed by atoms with Crippen molar-refractivity contribution < 1.29 is 14.6 Å². The van der Waals surface area contributed by atoms with Crippen LogP contribution in [0.5, 0.6) is 0 Å². The second-order valence-electron chi connectivity index (χ2n) is 12.2. The first-order valence-electron chi connectivity index (χ1n) is 12.8. The Morgan fingerprint density at radius 3 is 2.60 bits per heavy atom. The Kier molecular flexibility index (Phi) is 6.45. The van der Waals surface area contributed by atoms with Gasteiger partial charge in [-0.05, 0) is 97.7 Å². The highest BCUT2D eigenvalue weighted by atomic mass is 19.1. The van der Waals surface area contributed by atoms with Crippen LogP contribution in [0.1, 0.15) is 91.9 Å². The molecular formula is C27H45FO2. The Balaban J connectivity index is 1.50. The molecule has 0 radical (unpaired) electrons. The standard InChI is InChI=1S/C27H45FO2/c1-17(16-28)6-5-7-18(2)25-24(30)15-23-21-9-8-19-14-20(29)10-12-26(19,3)22(21)11-13-27(23,25)4/h8,17-18,20-25,29-30H,5-7,9-16H2,1-4H3/t17-,18-,20?,21?,22?,23?,24?,25?,26?,27?/m1/s1. The van der Waals surface area contributed by atoms with E-state index in [1.807, 2.05) is 6.92 Å². The van der Waals surface area contributed by atoms with E-state index in [-0.39, 0.29) is 35.6 Å². The number of aliphatic hydroxyl groups excluding tert-OH is 2. The quantitative estimate of drug-likeness (QED) is 0.494. The van der Waals surface area contributed by atoms with Gasteiger partial charge < -0.3 is 10.2 Å². The first kappa shape index (κ1) is 22.8. The van der Waals surface area contributed by atoms with Crippen LogP contribution in [0.4, 0.5) is 4.39 Å². The number of hydrogen-bond acceptors (Lipinski definition) is 2. The van der Waals surface area contributed by atoms with Gasteiger partial charge in [0.1, 0.15) is 0 Å². The van der Waals surface area contributed by atoms with Gasteiger partial charge in [-0.25, -0.2) is 0 Å². The highest BCUT2D eigenvalue weighted by Crippen LogP contribution is 2.67. The average molecular weight is 421 g/mol. The number of allylic oxidation sites excluding steroid dienone is 1. The van der Waals surface area contributed by atoms with Crippen molar-refractivity contribution in [1.29, 1.82) is 0 Å². The molecule has 172 valence electrons. The predicted molar refractivity (Wildman–Crippen MR) is 121 cm³/mol. The molecular weight excluding hydrogens is 375 g/mol. The lowest BCUT2D eigenvalue weighted by molar-refractivity contribution is -0.0620. The van der Waals surface area contributed by atoms with E-state index in [1.165, 1.54) is 18.4 Å². The van der Waals surface area contributed by atoms with Crippen LogP contribution in [0.25, 0.3) is 0 Å². The minimum Gasteiger partial charge on any atom is -0.393 e. The van der Waals surface area contributed by atoms with Gasteiger partial charge in [-0.15, -0.1) is 0 Å². The van der Waals surface area contributed by atoms with Crippen molar-refractivity contribution in [2.75, 3.05) is 6.67 Å². The monoisotopic (exact) mass is 420 g/mol. The number of fused-ring (bicyclic) bond motifs is 5.